The normalized spacial score (nSPS) is 12.9. The monoisotopic (exact) mass is 301 g/mol. The molecule has 0 aliphatic carbocycles. The van der Waals surface area contributed by atoms with Gasteiger partial charge in [-0.2, -0.15) is 0 Å². The lowest BCUT2D eigenvalue weighted by atomic mass is 10.2. The van der Waals surface area contributed by atoms with Gasteiger partial charge in [0, 0.05) is 14.7 Å². The zero-order chi connectivity index (χ0) is 11.5. The first-order chi connectivity index (χ1) is 7.69. The van der Waals surface area contributed by atoms with E-state index in [9.17, 15) is 5.11 Å². The molecule has 0 aliphatic rings. The van der Waals surface area contributed by atoms with E-state index in [1.54, 1.807) is 22.2 Å². The van der Waals surface area contributed by atoms with E-state index in [1.165, 1.54) is 4.88 Å². The first-order valence-electron chi connectivity index (χ1n) is 5.00. The van der Waals surface area contributed by atoms with Gasteiger partial charge in [0.25, 0.3) is 0 Å². The van der Waals surface area contributed by atoms with Crippen molar-refractivity contribution in [3.63, 3.8) is 0 Å². The van der Waals surface area contributed by atoms with Gasteiger partial charge in [-0.25, -0.2) is 4.68 Å². The number of nitrogens with zero attached hydrogens (tertiary/aromatic N) is 3. The maximum Gasteiger partial charge on any atom is 0.111 e. The molecule has 1 N–H and O–H groups in total. The number of thiophene rings is 1. The third-order valence-electron chi connectivity index (χ3n) is 2.22. The van der Waals surface area contributed by atoms with Crippen molar-refractivity contribution in [2.45, 2.75) is 26.0 Å². The van der Waals surface area contributed by atoms with Crippen molar-refractivity contribution < 1.29 is 5.11 Å². The fourth-order valence-electron chi connectivity index (χ4n) is 1.35. The van der Waals surface area contributed by atoms with Crippen molar-refractivity contribution in [2.75, 3.05) is 0 Å². The summed E-state index contributed by atoms with van der Waals surface area (Å²) in [7, 11) is 0. The third-order valence-corrected chi connectivity index (χ3v) is 3.91. The Labute approximate surface area is 106 Å². The van der Waals surface area contributed by atoms with E-state index in [1.807, 2.05) is 12.3 Å². The van der Waals surface area contributed by atoms with Crippen LogP contribution in [0, 0.1) is 0 Å². The highest BCUT2D eigenvalue weighted by molar-refractivity contribution is 9.10. The first kappa shape index (κ1) is 11.8. The molecule has 0 fully saturated rings. The third kappa shape index (κ3) is 2.69. The summed E-state index contributed by atoms with van der Waals surface area (Å²) < 4.78 is 2.83. The van der Waals surface area contributed by atoms with Gasteiger partial charge in [0.15, 0.2) is 0 Å². The highest BCUT2D eigenvalue weighted by atomic mass is 79.9. The van der Waals surface area contributed by atoms with Crippen molar-refractivity contribution in [2.24, 2.45) is 0 Å². The lowest BCUT2D eigenvalue weighted by molar-refractivity contribution is 0.168. The lowest BCUT2D eigenvalue weighted by Crippen LogP contribution is -1.98. The van der Waals surface area contributed by atoms with Gasteiger partial charge in [-0.15, -0.1) is 16.4 Å². The van der Waals surface area contributed by atoms with Crippen molar-refractivity contribution in [1.29, 1.82) is 0 Å². The fourth-order valence-corrected chi connectivity index (χ4v) is 2.79. The summed E-state index contributed by atoms with van der Waals surface area (Å²) in [5.74, 6) is 0. The minimum Gasteiger partial charge on any atom is -0.387 e. The quantitative estimate of drug-likeness (QED) is 0.944. The Morgan fingerprint density at radius 1 is 1.62 bits per heavy atom. The summed E-state index contributed by atoms with van der Waals surface area (Å²) in [6.07, 6.45) is 1.94. The standard InChI is InChI=1S/C10H12BrN3OS/c1-2-10(15)9-5-14(13-12-9)4-8-3-7(11)6-16-8/h3,5-6,10,15H,2,4H2,1H3. The number of halogens is 1. The van der Waals surface area contributed by atoms with Crippen LogP contribution in [0.3, 0.4) is 0 Å². The van der Waals surface area contributed by atoms with Gasteiger partial charge in [0.1, 0.15) is 5.69 Å². The molecule has 86 valence electrons. The fraction of sp³-hybridized carbons (Fsp3) is 0.400. The number of aliphatic hydroxyl groups is 1. The van der Waals surface area contributed by atoms with E-state index in [0.29, 0.717) is 18.7 Å². The molecule has 2 aromatic rings. The van der Waals surface area contributed by atoms with E-state index in [-0.39, 0.29) is 0 Å². The first-order valence-corrected chi connectivity index (χ1v) is 6.67. The molecule has 0 aliphatic heterocycles. The smallest absolute Gasteiger partial charge is 0.111 e. The minimum absolute atomic E-state index is 0.510. The molecule has 16 heavy (non-hydrogen) atoms. The number of aromatic nitrogens is 3. The average molecular weight is 302 g/mol. The molecule has 0 spiro atoms. The SMILES string of the molecule is CCC(O)c1cn(Cc2cc(Br)cs2)nn1. The van der Waals surface area contributed by atoms with Gasteiger partial charge in [-0.05, 0) is 28.4 Å². The Morgan fingerprint density at radius 3 is 3.06 bits per heavy atom. The molecule has 0 saturated carbocycles. The van der Waals surface area contributed by atoms with E-state index < -0.39 is 6.10 Å². The number of rotatable bonds is 4. The van der Waals surface area contributed by atoms with Crippen LogP contribution in [0.15, 0.2) is 22.1 Å². The molecule has 0 saturated heterocycles. The molecule has 4 nitrogen and oxygen atoms in total. The van der Waals surface area contributed by atoms with Crippen LogP contribution in [0.25, 0.3) is 0 Å². The zero-order valence-electron chi connectivity index (χ0n) is 8.80. The summed E-state index contributed by atoms with van der Waals surface area (Å²) in [5, 5.41) is 19.6. The van der Waals surface area contributed by atoms with Crippen LogP contribution in [0.5, 0.6) is 0 Å². The summed E-state index contributed by atoms with van der Waals surface area (Å²) in [5.41, 5.74) is 0.637. The molecule has 2 aromatic heterocycles. The summed E-state index contributed by atoms with van der Waals surface area (Å²) in [6, 6.07) is 2.06. The number of aliphatic hydroxyl groups excluding tert-OH is 1. The predicted octanol–water partition coefficient (Wildman–Crippen LogP) is 2.59. The summed E-state index contributed by atoms with van der Waals surface area (Å²) in [6.45, 7) is 2.61. The van der Waals surface area contributed by atoms with Crippen LogP contribution in [-0.2, 0) is 6.54 Å². The van der Waals surface area contributed by atoms with Crippen LogP contribution in [0.1, 0.15) is 30.0 Å². The predicted molar refractivity (Wildman–Crippen MR) is 66.4 cm³/mol. The van der Waals surface area contributed by atoms with Crippen LogP contribution >= 0.6 is 27.3 Å². The zero-order valence-corrected chi connectivity index (χ0v) is 11.2. The summed E-state index contributed by atoms with van der Waals surface area (Å²) >= 11 is 5.08. The Balaban J connectivity index is 2.08. The number of hydrogen-bond acceptors (Lipinski definition) is 4. The Kier molecular flexibility index (Phi) is 3.73. The van der Waals surface area contributed by atoms with Crippen LogP contribution < -0.4 is 0 Å². The second-order valence-corrected chi connectivity index (χ2v) is 5.41. The molecule has 2 heterocycles. The van der Waals surface area contributed by atoms with E-state index in [2.05, 4.69) is 32.3 Å². The molecule has 0 amide bonds. The molecule has 1 atom stereocenters. The lowest BCUT2D eigenvalue weighted by Gasteiger charge is -2.00. The van der Waals surface area contributed by atoms with Crippen LogP contribution in [-0.4, -0.2) is 20.1 Å². The molecule has 0 radical (unpaired) electrons. The maximum absolute atomic E-state index is 9.59. The topological polar surface area (TPSA) is 50.9 Å². The van der Waals surface area contributed by atoms with E-state index in [0.717, 1.165) is 4.47 Å². The summed E-state index contributed by atoms with van der Waals surface area (Å²) in [4.78, 5) is 1.20. The molecular formula is C10H12BrN3OS. The Hall–Kier alpha value is -0.720. The van der Waals surface area contributed by atoms with Crippen molar-refractivity contribution in [3.8, 4) is 0 Å². The average Bonchev–Trinajstić information content (AvgIpc) is 2.87. The largest absolute Gasteiger partial charge is 0.387 e. The van der Waals surface area contributed by atoms with Crippen LogP contribution in [0.2, 0.25) is 0 Å². The molecule has 1 unspecified atom stereocenters. The minimum atomic E-state index is -0.510. The van der Waals surface area contributed by atoms with Crippen molar-refractivity contribution in [3.05, 3.63) is 32.7 Å². The van der Waals surface area contributed by atoms with Gasteiger partial charge in [-0.3, -0.25) is 0 Å². The highest BCUT2D eigenvalue weighted by Crippen LogP contribution is 2.20. The molecule has 6 heteroatoms. The number of hydrogen-bond donors (Lipinski definition) is 1. The highest BCUT2D eigenvalue weighted by Gasteiger charge is 2.10. The second-order valence-electron chi connectivity index (χ2n) is 3.50. The Morgan fingerprint density at radius 2 is 2.44 bits per heavy atom. The van der Waals surface area contributed by atoms with Crippen LogP contribution in [0.4, 0.5) is 0 Å². The maximum atomic E-state index is 9.59. The van der Waals surface area contributed by atoms with Gasteiger partial charge in [-0.1, -0.05) is 12.1 Å². The van der Waals surface area contributed by atoms with Gasteiger partial charge < -0.3 is 5.11 Å². The van der Waals surface area contributed by atoms with E-state index in [4.69, 9.17) is 0 Å². The second kappa shape index (κ2) is 5.07. The molecule has 0 bridgehead atoms. The molecule has 2 rings (SSSR count). The molecular weight excluding hydrogens is 290 g/mol. The van der Waals surface area contributed by atoms with Crippen molar-refractivity contribution in [1.82, 2.24) is 15.0 Å². The van der Waals surface area contributed by atoms with Gasteiger partial charge in [0.05, 0.1) is 18.8 Å². The van der Waals surface area contributed by atoms with Gasteiger partial charge >= 0.3 is 0 Å². The Bertz CT molecular complexity index is 468. The van der Waals surface area contributed by atoms with E-state index >= 15 is 0 Å². The molecule has 0 aromatic carbocycles. The van der Waals surface area contributed by atoms with Crippen molar-refractivity contribution >= 4 is 27.3 Å². The van der Waals surface area contributed by atoms with Gasteiger partial charge in [0.2, 0.25) is 0 Å².